The maximum absolute atomic E-state index is 10.6. The van der Waals surface area contributed by atoms with E-state index in [9.17, 15) is 4.79 Å². The first-order valence-corrected chi connectivity index (χ1v) is 3.77. The van der Waals surface area contributed by atoms with Gasteiger partial charge in [-0.25, -0.2) is 9.78 Å². The van der Waals surface area contributed by atoms with Crippen LogP contribution in [0.1, 0.15) is 11.4 Å². The van der Waals surface area contributed by atoms with Gasteiger partial charge in [-0.3, -0.25) is 4.99 Å². The van der Waals surface area contributed by atoms with Gasteiger partial charge in [0, 0.05) is 12.1 Å². The molecular formula is C7H8N4O2. The van der Waals surface area contributed by atoms with Crippen LogP contribution in [0.5, 0.6) is 0 Å². The molecule has 2 heterocycles. The molecule has 6 nitrogen and oxygen atoms in total. The van der Waals surface area contributed by atoms with Crippen LogP contribution >= 0.6 is 0 Å². The van der Waals surface area contributed by atoms with Crippen LogP contribution < -0.4 is 5.73 Å². The molecule has 0 aliphatic carbocycles. The molecule has 0 fully saturated rings. The van der Waals surface area contributed by atoms with E-state index < -0.39 is 12.0 Å². The Hall–Kier alpha value is -1.85. The zero-order valence-corrected chi connectivity index (χ0v) is 6.69. The lowest BCUT2D eigenvalue weighted by molar-refractivity contribution is -0.138. The van der Waals surface area contributed by atoms with Crippen molar-refractivity contribution in [1.29, 1.82) is 0 Å². The van der Waals surface area contributed by atoms with Crippen molar-refractivity contribution in [1.82, 2.24) is 9.97 Å². The summed E-state index contributed by atoms with van der Waals surface area (Å²) in [4.78, 5) is 21.2. The number of aliphatic imine (C=N–C) groups is 1. The molecule has 4 N–H and O–H groups in total. The van der Waals surface area contributed by atoms with Crippen molar-refractivity contribution in [2.75, 3.05) is 0 Å². The zero-order valence-electron chi connectivity index (χ0n) is 6.69. The summed E-state index contributed by atoms with van der Waals surface area (Å²) in [5.74, 6) is -0.780. The van der Waals surface area contributed by atoms with Crippen LogP contribution in [-0.2, 0) is 11.2 Å². The number of aromatic amines is 1. The van der Waals surface area contributed by atoms with Crippen molar-refractivity contribution in [3.05, 3.63) is 17.7 Å². The lowest BCUT2D eigenvalue weighted by Gasteiger charge is -2.13. The first kappa shape index (κ1) is 7.78. The van der Waals surface area contributed by atoms with Crippen LogP contribution in [0.3, 0.4) is 0 Å². The van der Waals surface area contributed by atoms with Gasteiger partial charge in [0.25, 0.3) is 0 Å². The van der Waals surface area contributed by atoms with E-state index in [-0.39, 0.29) is 5.84 Å². The number of imidazole rings is 1. The van der Waals surface area contributed by atoms with Crippen LogP contribution in [0.2, 0.25) is 0 Å². The maximum Gasteiger partial charge on any atom is 0.328 e. The van der Waals surface area contributed by atoms with Crippen molar-refractivity contribution < 1.29 is 9.90 Å². The molecule has 1 aromatic rings. The van der Waals surface area contributed by atoms with Gasteiger partial charge in [-0.1, -0.05) is 0 Å². The largest absolute Gasteiger partial charge is 0.480 e. The summed E-state index contributed by atoms with van der Waals surface area (Å²) in [5.41, 5.74) is 6.83. The van der Waals surface area contributed by atoms with Crippen molar-refractivity contribution in [2.45, 2.75) is 12.5 Å². The number of aromatic nitrogens is 2. The van der Waals surface area contributed by atoms with Crippen molar-refractivity contribution in [3.8, 4) is 0 Å². The standard InChI is InChI=1S/C7H8N4O2/c8-6-5-3(9-2-10-5)1-4(11-6)7(12)13/h2,4H,1H2,(H2,8,11)(H,9,10)(H,12,13). The Morgan fingerprint density at radius 2 is 2.54 bits per heavy atom. The molecule has 1 aliphatic rings. The molecule has 68 valence electrons. The second-order valence-corrected chi connectivity index (χ2v) is 2.80. The lowest BCUT2D eigenvalue weighted by atomic mass is 10.1. The number of H-pyrrole nitrogens is 1. The van der Waals surface area contributed by atoms with E-state index in [1.54, 1.807) is 0 Å². The van der Waals surface area contributed by atoms with Crippen LogP contribution in [0.25, 0.3) is 0 Å². The van der Waals surface area contributed by atoms with Crippen LogP contribution in [0.4, 0.5) is 0 Å². The summed E-state index contributed by atoms with van der Waals surface area (Å²) in [6, 6.07) is -0.784. The molecule has 0 saturated carbocycles. The fourth-order valence-corrected chi connectivity index (χ4v) is 1.31. The third-order valence-electron chi connectivity index (χ3n) is 1.94. The molecule has 0 amide bonds. The molecule has 2 rings (SSSR count). The molecule has 1 unspecified atom stereocenters. The molecule has 0 spiro atoms. The normalized spacial score (nSPS) is 20.6. The zero-order chi connectivity index (χ0) is 9.42. The number of hydrogen-bond donors (Lipinski definition) is 3. The maximum atomic E-state index is 10.6. The number of aliphatic carboxylic acids is 1. The Balaban J connectivity index is 2.40. The minimum Gasteiger partial charge on any atom is -0.480 e. The van der Waals surface area contributed by atoms with E-state index in [0.29, 0.717) is 12.1 Å². The molecule has 0 radical (unpaired) electrons. The number of carboxylic acids is 1. The van der Waals surface area contributed by atoms with Gasteiger partial charge >= 0.3 is 5.97 Å². The summed E-state index contributed by atoms with van der Waals surface area (Å²) in [6.07, 6.45) is 1.81. The summed E-state index contributed by atoms with van der Waals surface area (Å²) < 4.78 is 0. The Kier molecular flexibility index (Phi) is 1.54. The molecular weight excluding hydrogens is 172 g/mol. The Labute approximate surface area is 73.5 Å². The smallest absolute Gasteiger partial charge is 0.328 e. The number of carbonyl (C=O) groups is 1. The van der Waals surface area contributed by atoms with E-state index in [0.717, 1.165) is 5.69 Å². The molecule has 0 bridgehead atoms. The highest BCUT2D eigenvalue weighted by Crippen LogP contribution is 2.14. The number of rotatable bonds is 1. The predicted molar refractivity (Wildman–Crippen MR) is 44.4 cm³/mol. The number of nitrogens with two attached hydrogens (primary N) is 1. The third kappa shape index (κ3) is 1.16. The number of amidine groups is 1. The number of carboxylic acid groups (broad SMARTS) is 1. The number of nitrogens with one attached hydrogen (secondary N) is 1. The fraction of sp³-hybridized carbons (Fsp3) is 0.286. The minimum atomic E-state index is -0.969. The summed E-state index contributed by atoms with van der Waals surface area (Å²) in [7, 11) is 0. The van der Waals surface area contributed by atoms with Gasteiger partial charge in [0.2, 0.25) is 0 Å². The fourth-order valence-electron chi connectivity index (χ4n) is 1.31. The van der Waals surface area contributed by atoms with Crippen molar-refractivity contribution in [2.24, 2.45) is 10.7 Å². The molecule has 1 aliphatic heterocycles. The van der Waals surface area contributed by atoms with Gasteiger partial charge in [-0.2, -0.15) is 0 Å². The topological polar surface area (TPSA) is 104 Å². The molecule has 1 atom stereocenters. The molecule has 0 aromatic carbocycles. The average Bonchev–Trinajstić information content (AvgIpc) is 2.51. The van der Waals surface area contributed by atoms with Gasteiger partial charge in [0.05, 0.1) is 6.33 Å². The predicted octanol–water partition coefficient (Wildman–Crippen LogP) is -0.876. The SMILES string of the molecule is NC1=NC(C(=O)O)Cc2[nH]cnc21. The Bertz CT molecular complexity index is 382. The quantitative estimate of drug-likeness (QED) is 0.522. The van der Waals surface area contributed by atoms with E-state index >= 15 is 0 Å². The van der Waals surface area contributed by atoms with E-state index in [4.69, 9.17) is 10.8 Å². The van der Waals surface area contributed by atoms with Crippen LogP contribution in [0, 0.1) is 0 Å². The summed E-state index contributed by atoms with van der Waals surface area (Å²) in [5, 5.41) is 8.72. The van der Waals surface area contributed by atoms with Crippen molar-refractivity contribution >= 4 is 11.8 Å². The molecule has 6 heteroatoms. The first-order valence-electron chi connectivity index (χ1n) is 3.77. The average molecular weight is 180 g/mol. The Morgan fingerprint density at radius 1 is 1.77 bits per heavy atom. The molecule has 1 aromatic heterocycles. The summed E-state index contributed by atoms with van der Waals surface area (Å²) >= 11 is 0. The highest BCUT2D eigenvalue weighted by Gasteiger charge is 2.26. The van der Waals surface area contributed by atoms with Crippen LogP contribution in [0.15, 0.2) is 11.3 Å². The highest BCUT2D eigenvalue weighted by atomic mass is 16.4. The number of fused-ring (bicyclic) bond motifs is 1. The summed E-state index contributed by atoms with van der Waals surface area (Å²) in [6.45, 7) is 0. The van der Waals surface area contributed by atoms with Crippen molar-refractivity contribution in [3.63, 3.8) is 0 Å². The highest BCUT2D eigenvalue weighted by molar-refractivity contribution is 5.99. The Morgan fingerprint density at radius 3 is 3.23 bits per heavy atom. The van der Waals surface area contributed by atoms with Crippen LogP contribution in [-0.4, -0.2) is 32.9 Å². The first-order chi connectivity index (χ1) is 6.18. The van der Waals surface area contributed by atoms with Gasteiger partial charge < -0.3 is 15.8 Å². The molecule has 0 saturated heterocycles. The third-order valence-corrected chi connectivity index (χ3v) is 1.94. The molecule has 13 heavy (non-hydrogen) atoms. The van der Waals surface area contributed by atoms with Gasteiger partial charge in [0.1, 0.15) is 11.5 Å². The number of nitrogens with zero attached hydrogens (tertiary/aromatic N) is 2. The number of hydrogen-bond acceptors (Lipinski definition) is 4. The van der Waals surface area contributed by atoms with E-state index in [2.05, 4.69) is 15.0 Å². The van der Waals surface area contributed by atoms with Gasteiger partial charge in [-0.15, -0.1) is 0 Å². The second kappa shape index (κ2) is 2.58. The lowest BCUT2D eigenvalue weighted by Crippen LogP contribution is -2.31. The minimum absolute atomic E-state index is 0.190. The van der Waals surface area contributed by atoms with E-state index in [1.165, 1.54) is 6.33 Å². The van der Waals surface area contributed by atoms with Gasteiger partial charge in [-0.05, 0) is 0 Å². The van der Waals surface area contributed by atoms with E-state index in [1.807, 2.05) is 0 Å². The van der Waals surface area contributed by atoms with Gasteiger partial charge in [0.15, 0.2) is 6.04 Å². The monoisotopic (exact) mass is 180 g/mol. The second-order valence-electron chi connectivity index (χ2n) is 2.80.